The second-order valence-corrected chi connectivity index (χ2v) is 3.77. The fraction of sp³-hybridized carbons (Fsp3) is 0.750. The third kappa shape index (κ3) is 8.02. The maximum absolute atomic E-state index is 10.5. The molecule has 0 saturated carbocycles. The van der Waals surface area contributed by atoms with E-state index in [0.29, 0.717) is 0 Å². The van der Waals surface area contributed by atoms with Crippen LogP contribution in [0.1, 0.15) is 46.0 Å². The molecule has 0 rings (SSSR count). The Morgan fingerprint density at radius 3 is 2.60 bits per heavy atom. The minimum atomic E-state index is -0.887. The number of hydrogen-bond donors (Lipinski definition) is 2. The summed E-state index contributed by atoms with van der Waals surface area (Å²) in [6.45, 7) is 3.70. The van der Waals surface area contributed by atoms with Gasteiger partial charge in [0.2, 0.25) is 0 Å². The van der Waals surface area contributed by atoms with Gasteiger partial charge in [0.05, 0.1) is 5.92 Å². The molecule has 0 bridgehead atoms. The van der Waals surface area contributed by atoms with Gasteiger partial charge in [0.25, 0.3) is 0 Å². The van der Waals surface area contributed by atoms with Crippen molar-refractivity contribution < 1.29 is 15.0 Å². The fourth-order valence-corrected chi connectivity index (χ4v) is 1.15. The molecule has 0 aromatic rings. The van der Waals surface area contributed by atoms with Crippen LogP contribution in [0.25, 0.3) is 0 Å². The molecule has 0 amide bonds. The molecule has 3 nitrogen and oxygen atoms in total. The summed E-state index contributed by atoms with van der Waals surface area (Å²) in [5.74, 6) is 4.12. The van der Waals surface area contributed by atoms with Gasteiger partial charge >= 0.3 is 5.97 Å². The van der Waals surface area contributed by atoms with Gasteiger partial charge in [0.15, 0.2) is 0 Å². The molecule has 0 radical (unpaired) electrons. The Balaban J connectivity index is 3.71. The van der Waals surface area contributed by atoms with E-state index in [2.05, 4.69) is 18.8 Å². The average molecular weight is 212 g/mol. The van der Waals surface area contributed by atoms with Gasteiger partial charge in [-0.3, -0.25) is 4.79 Å². The number of unbranched alkanes of at least 4 members (excludes halogenated alkanes) is 3. The summed E-state index contributed by atoms with van der Waals surface area (Å²) in [6, 6.07) is 0. The zero-order valence-corrected chi connectivity index (χ0v) is 9.49. The first-order valence-electron chi connectivity index (χ1n) is 5.47. The standard InChI is InChI=1S/C12H20O3/c1-3-4-5-6-7-8-11(13)9-10(2)12(14)15/h10-11,13H,3-6,9H2,1-2H3,(H,14,15)/t10-,11?/m0/s1. The molecule has 2 N–H and O–H groups in total. The van der Waals surface area contributed by atoms with Crippen LogP contribution in [0.5, 0.6) is 0 Å². The molecule has 0 aromatic carbocycles. The van der Waals surface area contributed by atoms with Crippen LogP contribution in [0.4, 0.5) is 0 Å². The Kier molecular flexibility index (Phi) is 7.75. The van der Waals surface area contributed by atoms with Gasteiger partial charge in [-0.05, 0) is 12.8 Å². The minimum absolute atomic E-state index is 0.204. The van der Waals surface area contributed by atoms with Crippen molar-refractivity contribution in [1.82, 2.24) is 0 Å². The average Bonchev–Trinajstić information content (AvgIpc) is 2.17. The second-order valence-electron chi connectivity index (χ2n) is 3.77. The molecule has 0 fully saturated rings. The van der Waals surface area contributed by atoms with Crippen LogP contribution in [0.3, 0.4) is 0 Å². The van der Waals surface area contributed by atoms with Crippen molar-refractivity contribution >= 4 is 5.97 Å². The Labute approximate surface area is 91.5 Å². The van der Waals surface area contributed by atoms with Crippen molar-refractivity contribution in [2.75, 3.05) is 0 Å². The zero-order chi connectivity index (χ0) is 11.7. The van der Waals surface area contributed by atoms with E-state index in [9.17, 15) is 9.90 Å². The molecule has 2 atom stereocenters. The van der Waals surface area contributed by atoms with Crippen LogP contribution < -0.4 is 0 Å². The van der Waals surface area contributed by atoms with Crippen LogP contribution in [0, 0.1) is 17.8 Å². The SMILES string of the molecule is CCCCCC#CC(O)C[C@H](C)C(=O)O. The number of aliphatic hydroxyl groups excluding tert-OH is 1. The summed E-state index contributed by atoms with van der Waals surface area (Å²) in [4.78, 5) is 10.5. The van der Waals surface area contributed by atoms with Crippen molar-refractivity contribution in [3.63, 3.8) is 0 Å². The first kappa shape index (κ1) is 14.0. The van der Waals surface area contributed by atoms with Gasteiger partial charge in [0, 0.05) is 6.42 Å². The third-order valence-electron chi connectivity index (χ3n) is 2.17. The summed E-state index contributed by atoms with van der Waals surface area (Å²) < 4.78 is 0. The van der Waals surface area contributed by atoms with Gasteiger partial charge in [-0.25, -0.2) is 0 Å². The molecule has 0 heterocycles. The first-order valence-corrected chi connectivity index (χ1v) is 5.47. The molecule has 0 aliphatic heterocycles. The van der Waals surface area contributed by atoms with Gasteiger partial charge in [-0.15, -0.1) is 5.92 Å². The van der Waals surface area contributed by atoms with Crippen LogP contribution >= 0.6 is 0 Å². The summed E-state index contributed by atoms with van der Waals surface area (Å²) >= 11 is 0. The topological polar surface area (TPSA) is 57.5 Å². The highest BCUT2D eigenvalue weighted by molar-refractivity contribution is 5.69. The van der Waals surface area contributed by atoms with Crippen LogP contribution in [0.2, 0.25) is 0 Å². The van der Waals surface area contributed by atoms with Crippen LogP contribution in [0.15, 0.2) is 0 Å². The number of carbonyl (C=O) groups is 1. The number of rotatable bonds is 6. The summed E-state index contributed by atoms with van der Waals surface area (Å²) in [7, 11) is 0. The highest BCUT2D eigenvalue weighted by atomic mass is 16.4. The lowest BCUT2D eigenvalue weighted by atomic mass is 10.0. The van der Waals surface area contributed by atoms with Gasteiger partial charge in [0.1, 0.15) is 6.10 Å². The lowest BCUT2D eigenvalue weighted by Gasteiger charge is -2.06. The molecule has 1 unspecified atom stereocenters. The van der Waals surface area contributed by atoms with Crippen molar-refractivity contribution in [3.05, 3.63) is 0 Å². The zero-order valence-electron chi connectivity index (χ0n) is 9.49. The molecule has 0 aliphatic carbocycles. The van der Waals surface area contributed by atoms with Crippen molar-refractivity contribution in [2.45, 2.75) is 52.1 Å². The van der Waals surface area contributed by atoms with Gasteiger partial charge in [-0.2, -0.15) is 0 Å². The lowest BCUT2D eigenvalue weighted by molar-refractivity contribution is -0.141. The molecular formula is C12H20O3. The maximum Gasteiger partial charge on any atom is 0.306 e. The van der Waals surface area contributed by atoms with Crippen LogP contribution in [-0.4, -0.2) is 22.3 Å². The Bertz CT molecular complexity index is 237. The monoisotopic (exact) mass is 212 g/mol. The molecular weight excluding hydrogens is 192 g/mol. The number of aliphatic carboxylic acids is 1. The maximum atomic E-state index is 10.5. The molecule has 0 spiro atoms. The Hall–Kier alpha value is -1.01. The number of aliphatic hydroxyl groups is 1. The number of carboxylic acid groups (broad SMARTS) is 1. The highest BCUT2D eigenvalue weighted by Crippen LogP contribution is 2.05. The normalized spacial score (nSPS) is 13.8. The Morgan fingerprint density at radius 2 is 2.07 bits per heavy atom. The number of hydrogen-bond acceptors (Lipinski definition) is 2. The minimum Gasteiger partial charge on any atom is -0.481 e. The quantitative estimate of drug-likeness (QED) is 0.523. The van der Waals surface area contributed by atoms with E-state index in [-0.39, 0.29) is 6.42 Å². The fourth-order valence-electron chi connectivity index (χ4n) is 1.15. The van der Waals surface area contributed by atoms with Crippen LogP contribution in [-0.2, 0) is 4.79 Å². The van der Waals surface area contributed by atoms with E-state index in [1.165, 1.54) is 0 Å². The second kappa shape index (κ2) is 8.31. The predicted molar refractivity (Wildman–Crippen MR) is 59.3 cm³/mol. The molecule has 0 saturated heterocycles. The van der Waals surface area contributed by atoms with Gasteiger partial charge < -0.3 is 10.2 Å². The van der Waals surface area contributed by atoms with E-state index in [1.807, 2.05) is 0 Å². The summed E-state index contributed by atoms with van der Waals surface area (Å²) in [6.07, 6.45) is 3.53. The lowest BCUT2D eigenvalue weighted by Crippen LogP contribution is -2.16. The van der Waals surface area contributed by atoms with Crippen molar-refractivity contribution in [2.24, 2.45) is 5.92 Å². The first-order chi connectivity index (χ1) is 7.07. The molecule has 15 heavy (non-hydrogen) atoms. The van der Waals surface area contributed by atoms with Crippen molar-refractivity contribution in [1.29, 1.82) is 0 Å². The molecule has 0 aromatic heterocycles. The Morgan fingerprint density at radius 1 is 1.40 bits per heavy atom. The molecule has 0 aliphatic rings. The highest BCUT2D eigenvalue weighted by Gasteiger charge is 2.14. The number of carboxylic acids is 1. The van der Waals surface area contributed by atoms with E-state index in [0.717, 1.165) is 25.7 Å². The molecule has 3 heteroatoms. The van der Waals surface area contributed by atoms with E-state index < -0.39 is 18.0 Å². The van der Waals surface area contributed by atoms with E-state index >= 15 is 0 Å². The largest absolute Gasteiger partial charge is 0.481 e. The smallest absolute Gasteiger partial charge is 0.306 e. The van der Waals surface area contributed by atoms with Gasteiger partial charge in [-0.1, -0.05) is 32.6 Å². The summed E-state index contributed by atoms with van der Waals surface area (Å²) in [5.41, 5.74) is 0. The molecule has 86 valence electrons. The summed E-state index contributed by atoms with van der Waals surface area (Å²) in [5, 5.41) is 18.0. The predicted octanol–water partition coefficient (Wildman–Crippen LogP) is 2.04. The van der Waals surface area contributed by atoms with E-state index in [1.54, 1.807) is 6.92 Å². The third-order valence-corrected chi connectivity index (χ3v) is 2.17. The van der Waals surface area contributed by atoms with E-state index in [4.69, 9.17) is 5.11 Å². The van der Waals surface area contributed by atoms with Crippen molar-refractivity contribution in [3.8, 4) is 11.8 Å².